The summed E-state index contributed by atoms with van der Waals surface area (Å²) < 4.78 is 5.99. The first-order chi connectivity index (χ1) is 16.2. The lowest BCUT2D eigenvalue weighted by atomic mass is 9.96. The van der Waals surface area contributed by atoms with Crippen LogP contribution in [0.15, 0.2) is 59.7 Å². The lowest BCUT2D eigenvalue weighted by Gasteiger charge is -2.22. The van der Waals surface area contributed by atoms with Crippen molar-refractivity contribution in [3.8, 4) is 11.5 Å². The van der Waals surface area contributed by atoms with Crippen molar-refractivity contribution in [1.82, 2.24) is 0 Å². The highest BCUT2D eigenvalue weighted by Crippen LogP contribution is 2.44. The predicted molar refractivity (Wildman–Crippen MR) is 136 cm³/mol. The van der Waals surface area contributed by atoms with Crippen LogP contribution in [0, 0.1) is 0 Å². The number of allylic oxidation sites excluding steroid dienone is 3. The van der Waals surface area contributed by atoms with Crippen molar-refractivity contribution in [2.24, 2.45) is 0 Å². The van der Waals surface area contributed by atoms with E-state index in [0.717, 1.165) is 25.7 Å². The standard InChI is InChI=1S/C28H34N2O4/c1-18(2)7-6-15-28(4)25(34-28)13-10-19(3)14-16-30-23-17-20(31)11-12-22(23)29-26-21(27(30)33)8-5-9-24(26)32/h5,7-9,11-12,14,17,25,29,31-32H,6,10,13,15-16H2,1-4H3/b19-14+. The molecule has 180 valence electrons. The number of amides is 1. The van der Waals surface area contributed by atoms with Crippen molar-refractivity contribution in [1.29, 1.82) is 0 Å². The zero-order valence-corrected chi connectivity index (χ0v) is 20.4. The Bertz CT molecular complexity index is 1150. The maximum Gasteiger partial charge on any atom is 0.260 e. The third kappa shape index (κ3) is 5.12. The highest BCUT2D eigenvalue weighted by atomic mass is 16.6. The zero-order chi connectivity index (χ0) is 24.5. The molecule has 4 rings (SSSR count). The first kappa shape index (κ1) is 23.9. The van der Waals surface area contributed by atoms with Crippen LogP contribution in [-0.4, -0.2) is 34.4 Å². The molecule has 0 aliphatic carbocycles. The molecule has 0 saturated carbocycles. The van der Waals surface area contributed by atoms with E-state index >= 15 is 0 Å². The van der Waals surface area contributed by atoms with Gasteiger partial charge in [-0.05, 0) is 77.6 Å². The lowest BCUT2D eigenvalue weighted by molar-refractivity contribution is 0.0991. The molecular formula is C28H34N2O4. The Morgan fingerprint density at radius 2 is 1.97 bits per heavy atom. The molecule has 2 heterocycles. The van der Waals surface area contributed by atoms with Crippen LogP contribution in [0.1, 0.15) is 63.7 Å². The van der Waals surface area contributed by atoms with E-state index in [1.807, 2.05) is 0 Å². The van der Waals surface area contributed by atoms with Gasteiger partial charge in [-0.1, -0.05) is 29.4 Å². The van der Waals surface area contributed by atoms with Gasteiger partial charge in [0.05, 0.1) is 34.3 Å². The van der Waals surface area contributed by atoms with Crippen LogP contribution in [-0.2, 0) is 4.74 Å². The van der Waals surface area contributed by atoms with E-state index in [1.165, 1.54) is 11.1 Å². The van der Waals surface area contributed by atoms with Crippen molar-refractivity contribution in [3.05, 3.63) is 65.3 Å². The molecule has 0 bridgehead atoms. The van der Waals surface area contributed by atoms with Gasteiger partial charge in [0.2, 0.25) is 0 Å². The molecular weight excluding hydrogens is 428 g/mol. The summed E-state index contributed by atoms with van der Waals surface area (Å²) in [6, 6.07) is 9.74. The van der Waals surface area contributed by atoms with E-state index in [1.54, 1.807) is 41.3 Å². The minimum Gasteiger partial charge on any atom is -0.508 e. The van der Waals surface area contributed by atoms with E-state index < -0.39 is 0 Å². The third-order valence-electron chi connectivity index (χ3n) is 6.70. The Balaban J connectivity index is 1.46. The van der Waals surface area contributed by atoms with E-state index in [0.29, 0.717) is 29.2 Å². The van der Waals surface area contributed by atoms with Crippen LogP contribution in [0.25, 0.3) is 0 Å². The van der Waals surface area contributed by atoms with Gasteiger partial charge in [-0.2, -0.15) is 0 Å². The normalized spacial score (nSPS) is 21.3. The van der Waals surface area contributed by atoms with Crippen molar-refractivity contribution >= 4 is 23.0 Å². The van der Waals surface area contributed by atoms with Crippen LogP contribution in [0.3, 0.4) is 0 Å². The summed E-state index contributed by atoms with van der Waals surface area (Å²) in [6.45, 7) is 8.87. The van der Waals surface area contributed by atoms with Crippen LogP contribution < -0.4 is 10.2 Å². The summed E-state index contributed by atoms with van der Waals surface area (Å²) in [7, 11) is 0. The molecule has 2 aliphatic rings. The molecule has 6 nitrogen and oxygen atoms in total. The van der Waals surface area contributed by atoms with Crippen LogP contribution >= 0.6 is 0 Å². The van der Waals surface area contributed by atoms with Gasteiger partial charge in [0.1, 0.15) is 11.5 Å². The number of benzene rings is 2. The molecule has 0 aromatic heterocycles. The van der Waals surface area contributed by atoms with Gasteiger partial charge >= 0.3 is 0 Å². The second-order valence-corrected chi connectivity index (χ2v) is 9.77. The van der Waals surface area contributed by atoms with Gasteiger partial charge in [0.15, 0.2) is 0 Å². The number of anilines is 3. The number of nitrogens with zero attached hydrogens (tertiary/aromatic N) is 1. The number of carbonyl (C=O) groups is 1. The Morgan fingerprint density at radius 1 is 1.18 bits per heavy atom. The maximum absolute atomic E-state index is 13.4. The summed E-state index contributed by atoms with van der Waals surface area (Å²) in [4.78, 5) is 15.1. The van der Waals surface area contributed by atoms with Crippen molar-refractivity contribution < 1.29 is 19.7 Å². The Hall–Kier alpha value is -3.25. The van der Waals surface area contributed by atoms with Crippen molar-refractivity contribution in [3.63, 3.8) is 0 Å². The average molecular weight is 463 g/mol. The quantitative estimate of drug-likeness (QED) is 0.182. The number of hydrogen-bond donors (Lipinski definition) is 3. The topological polar surface area (TPSA) is 85.3 Å². The molecule has 6 heteroatoms. The van der Waals surface area contributed by atoms with Crippen molar-refractivity contribution in [2.45, 2.75) is 65.1 Å². The number of hydrogen-bond acceptors (Lipinski definition) is 5. The fourth-order valence-electron chi connectivity index (χ4n) is 4.50. The number of fused-ring (bicyclic) bond motifs is 2. The Labute approximate surface area is 201 Å². The first-order valence-electron chi connectivity index (χ1n) is 11.9. The summed E-state index contributed by atoms with van der Waals surface area (Å²) >= 11 is 0. The monoisotopic (exact) mass is 462 g/mol. The number of ether oxygens (including phenoxy) is 1. The molecule has 1 fully saturated rings. The molecule has 2 atom stereocenters. The average Bonchev–Trinajstić information content (AvgIpc) is 3.46. The van der Waals surface area contributed by atoms with E-state index in [2.05, 4.69) is 45.2 Å². The zero-order valence-electron chi connectivity index (χ0n) is 20.4. The molecule has 0 spiro atoms. The van der Waals surface area contributed by atoms with Gasteiger partial charge in [0, 0.05) is 12.6 Å². The maximum atomic E-state index is 13.4. The number of carbonyl (C=O) groups excluding carboxylic acids is 1. The van der Waals surface area contributed by atoms with Crippen LogP contribution in [0.5, 0.6) is 11.5 Å². The molecule has 3 N–H and O–H groups in total. The first-order valence-corrected chi connectivity index (χ1v) is 11.9. The largest absolute Gasteiger partial charge is 0.508 e. The number of aromatic hydroxyl groups is 2. The van der Waals surface area contributed by atoms with Gasteiger partial charge in [0.25, 0.3) is 5.91 Å². The summed E-state index contributed by atoms with van der Waals surface area (Å²) in [5, 5.41) is 23.6. The fraction of sp³-hybridized carbons (Fsp3) is 0.393. The van der Waals surface area contributed by atoms with Gasteiger partial charge in [-0.15, -0.1) is 0 Å². The Kier molecular flexibility index (Phi) is 6.71. The minimum absolute atomic E-state index is 0.00974. The predicted octanol–water partition coefficient (Wildman–Crippen LogP) is 6.43. The number of nitrogens with one attached hydrogen (secondary N) is 1. The number of phenols is 2. The molecule has 2 unspecified atom stereocenters. The number of para-hydroxylation sites is 1. The molecule has 2 aliphatic heterocycles. The van der Waals surface area contributed by atoms with Gasteiger partial charge in [-0.3, -0.25) is 4.79 Å². The highest BCUT2D eigenvalue weighted by molar-refractivity contribution is 6.14. The van der Waals surface area contributed by atoms with Crippen molar-refractivity contribution in [2.75, 3.05) is 16.8 Å². The second-order valence-electron chi connectivity index (χ2n) is 9.77. The van der Waals surface area contributed by atoms with Crippen LogP contribution in [0.4, 0.5) is 17.1 Å². The Morgan fingerprint density at radius 3 is 2.74 bits per heavy atom. The molecule has 34 heavy (non-hydrogen) atoms. The molecule has 0 radical (unpaired) electrons. The van der Waals surface area contributed by atoms with Gasteiger partial charge < -0.3 is 25.2 Å². The molecule has 2 aromatic rings. The summed E-state index contributed by atoms with van der Waals surface area (Å²) in [6.07, 6.45) is 8.52. The second kappa shape index (κ2) is 9.55. The number of rotatable bonds is 8. The van der Waals surface area contributed by atoms with E-state index in [-0.39, 0.29) is 29.1 Å². The summed E-state index contributed by atoms with van der Waals surface area (Å²) in [5.41, 5.74) is 4.48. The fourth-order valence-corrected chi connectivity index (χ4v) is 4.50. The molecule has 2 aromatic carbocycles. The van der Waals surface area contributed by atoms with E-state index in [4.69, 9.17) is 4.74 Å². The minimum atomic E-state index is -0.232. The lowest BCUT2D eigenvalue weighted by Crippen LogP contribution is -2.30. The van der Waals surface area contributed by atoms with E-state index in [9.17, 15) is 15.0 Å². The van der Waals surface area contributed by atoms with Crippen LogP contribution in [0.2, 0.25) is 0 Å². The molecule has 1 saturated heterocycles. The number of epoxide rings is 1. The highest BCUT2D eigenvalue weighted by Gasteiger charge is 2.50. The molecule has 1 amide bonds. The SMILES string of the molecule is CC(C)=CCCC1(C)OC1CC/C(C)=C/CN1C(=O)c2cccc(O)c2Nc2ccc(O)cc21. The third-order valence-corrected chi connectivity index (χ3v) is 6.70. The smallest absolute Gasteiger partial charge is 0.260 e. The van der Waals surface area contributed by atoms with Gasteiger partial charge in [-0.25, -0.2) is 0 Å². The summed E-state index contributed by atoms with van der Waals surface area (Å²) in [5.74, 6) is -0.146. The number of phenolic OH excluding ortho intramolecular Hbond substituents is 2.